The van der Waals surface area contributed by atoms with Crippen LogP contribution in [0.15, 0.2) is 21.6 Å². The van der Waals surface area contributed by atoms with E-state index in [0.717, 1.165) is 6.26 Å². The Bertz CT molecular complexity index is 1130. The molecule has 0 radical (unpaired) electrons. The summed E-state index contributed by atoms with van der Waals surface area (Å²) < 4.78 is 81.6. The molecule has 1 aromatic carbocycles. The second-order valence-electron chi connectivity index (χ2n) is 8.00. The van der Waals surface area contributed by atoms with Crippen molar-refractivity contribution in [1.82, 2.24) is 15.0 Å². The van der Waals surface area contributed by atoms with Gasteiger partial charge in [-0.15, -0.1) is 0 Å². The maximum absolute atomic E-state index is 14.4. The van der Waals surface area contributed by atoms with Crippen LogP contribution in [0.1, 0.15) is 31.6 Å². The minimum atomic E-state index is -3.79. The second kappa shape index (κ2) is 8.80. The second-order valence-corrected chi connectivity index (χ2v) is 10.0. The van der Waals surface area contributed by atoms with Crippen molar-refractivity contribution in [3.8, 4) is 0 Å². The zero-order valence-electron chi connectivity index (χ0n) is 17.5. The average Bonchev–Trinajstić information content (AvgIpc) is 3.38. The van der Waals surface area contributed by atoms with Crippen molar-refractivity contribution in [1.29, 1.82) is 0 Å². The molecule has 1 amide bonds. The molecule has 0 unspecified atom stereocenters. The number of anilines is 2. The third kappa shape index (κ3) is 4.75. The van der Waals surface area contributed by atoms with Crippen LogP contribution >= 0.6 is 0 Å². The fourth-order valence-corrected chi connectivity index (χ4v) is 4.73. The van der Waals surface area contributed by atoms with Crippen LogP contribution < -0.4 is 10.2 Å². The molecule has 2 fully saturated rings. The number of benzene rings is 1. The smallest absolute Gasteiger partial charge is 0.316 e. The van der Waals surface area contributed by atoms with E-state index in [0.29, 0.717) is 51.0 Å². The predicted molar refractivity (Wildman–Crippen MR) is 108 cm³/mol. The van der Waals surface area contributed by atoms with E-state index in [-0.39, 0.29) is 17.9 Å². The summed E-state index contributed by atoms with van der Waals surface area (Å²) in [5, 5.41) is 6.13. The number of nitrogens with one attached hydrogen (secondary N) is 1. The van der Waals surface area contributed by atoms with Gasteiger partial charge in [-0.05, 0) is 36.6 Å². The van der Waals surface area contributed by atoms with Gasteiger partial charge in [-0.25, -0.2) is 17.2 Å². The van der Waals surface area contributed by atoms with E-state index in [4.69, 9.17) is 0 Å². The fraction of sp³-hybridized carbons (Fsp3) is 0.526. The molecule has 14 heteroatoms. The van der Waals surface area contributed by atoms with Crippen molar-refractivity contribution in [2.75, 3.05) is 36.1 Å². The number of piperidine rings is 1. The van der Waals surface area contributed by atoms with Gasteiger partial charge in [0.05, 0.1) is 4.90 Å². The summed E-state index contributed by atoms with van der Waals surface area (Å²) in [6, 6.07) is 0.432. The standard InChI is InChI=1S/C19H21F4N5O4S/c1-33(30,31)11-8-12(20)15(13(21)9-11)24-14-4-7-28(18(14)29)10-2-5-27(6-3-10)19-25-17(16(22)23)32-26-19/h8-10,14,16,24H,2-7H2,1H3/t14-/m0/s1. The van der Waals surface area contributed by atoms with E-state index in [1.165, 1.54) is 0 Å². The van der Waals surface area contributed by atoms with Gasteiger partial charge in [0.1, 0.15) is 11.7 Å². The minimum Gasteiger partial charge on any atom is -0.369 e. The van der Waals surface area contributed by atoms with Gasteiger partial charge in [0.15, 0.2) is 21.5 Å². The maximum atomic E-state index is 14.4. The Morgan fingerprint density at radius 3 is 2.30 bits per heavy atom. The van der Waals surface area contributed by atoms with Crippen LogP contribution in [-0.4, -0.2) is 67.3 Å². The van der Waals surface area contributed by atoms with Crippen LogP contribution in [0, 0.1) is 11.6 Å². The molecule has 3 heterocycles. The lowest BCUT2D eigenvalue weighted by atomic mass is 10.0. The Labute approximate surface area is 186 Å². The van der Waals surface area contributed by atoms with Crippen LogP contribution in [0.4, 0.5) is 29.2 Å². The lowest BCUT2D eigenvalue weighted by Crippen LogP contribution is -2.47. The number of carbonyl (C=O) groups is 1. The first kappa shape index (κ1) is 23.3. The Hall–Kier alpha value is -2.90. The molecule has 2 saturated heterocycles. The van der Waals surface area contributed by atoms with E-state index in [9.17, 15) is 30.8 Å². The minimum absolute atomic E-state index is 0.0690. The molecule has 1 aromatic heterocycles. The molecule has 1 N–H and O–H groups in total. The monoisotopic (exact) mass is 491 g/mol. The van der Waals surface area contributed by atoms with Crippen LogP contribution in [0.3, 0.4) is 0 Å². The molecule has 33 heavy (non-hydrogen) atoms. The van der Waals surface area contributed by atoms with E-state index in [1.807, 2.05) is 0 Å². The number of sulfone groups is 1. The molecule has 0 spiro atoms. The first-order valence-corrected chi connectivity index (χ1v) is 12.1. The highest BCUT2D eigenvalue weighted by Gasteiger charge is 2.38. The van der Waals surface area contributed by atoms with Crippen LogP contribution in [0.5, 0.6) is 0 Å². The van der Waals surface area contributed by atoms with Crippen molar-refractivity contribution in [2.45, 2.75) is 42.7 Å². The van der Waals surface area contributed by atoms with Gasteiger partial charge in [-0.3, -0.25) is 4.79 Å². The maximum Gasteiger partial charge on any atom is 0.316 e. The number of nitrogens with zero attached hydrogens (tertiary/aromatic N) is 4. The van der Waals surface area contributed by atoms with Gasteiger partial charge in [0.2, 0.25) is 5.91 Å². The lowest BCUT2D eigenvalue weighted by molar-refractivity contribution is -0.130. The third-order valence-corrected chi connectivity index (χ3v) is 6.90. The van der Waals surface area contributed by atoms with Crippen LogP contribution in [0.2, 0.25) is 0 Å². The van der Waals surface area contributed by atoms with Crippen molar-refractivity contribution < 1.29 is 35.3 Å². The number of hydrogen-bond donors (Lipinski definition) is 1. The van der Waals surface area contributed by atoms with Crippen molar-refractivity contribution >= 4 is 27.4 Å². The number of aromatic nitrogens is 2. The van der Waals surface area contributed by atoms with Gasteiger partial charge < -0.3 is 19.6 Å². The van der Waals surface area contributed by atoms with Crippen molar-refractivity contribution in [3.63, 3.8) is 0 Å². The molecule has 1 atom stereocenters. The molecular weight excluding hydrogens is 470 g/mol. The van der Waals surface area contributed by atoms with E-state index in [2.05, 4.69) is 20.0 Å². The molecule has 2 aromatic rings. The Kier molecular flexibility index (Phi) is 6.20. The highest BCUT2D eigenvalue weighted by molar-refractivity contribution is 7.90. The summed E-state index contributed by atoms with van der Waals surface area (Å²) in [5.74, 6) is -3.20. The first-order chi connectivity index (χ1) is 15.5. The predicted octanol–water partition coefficient (Wildman–Crippen LogP) is 2.37. The van der Waals surface area contributed by atoms with Gasteiger partial charge in [0, 0.05) is 31.9 Å². The summed E-state index contributed by atoms with van der Waals surface area (Å²) >= 11 is 0. The Balaban J connectivity index is 1.38. The number of alkyl halides is 2. The molecule has 0 aliphatic carbocycles. The highest BCUT2D eigenvalue weighted by atomic mass is 32.2. The number of carbonyl (C=O) groups excluding carboxylic acids is 1. The quantitative estimate of drug-likeness (QED) is 0.614. The summed E-state index contributed by atoms with van der Waals surface area (Å²) in [6.07, 6.45) is -0.637. The zero-order chi connectivity index (χ0) is 23.9. The van der Waals surface area contributed by atoms with Crippen molar-refractivity contribution in [3.05, 3.63) is 29.7 Å². The summed E-state index contributed by atoms with van der Waals surface area (Å²) in [5.41, 5.74) is -0.552. The molecule has 0 bridgehead atoms. The summed E-state index contributed by atoms with van der Waals surface area (Å²) in [6.45, 7) is 1.22. The van der Waals surface area contributed by atoms with E-state index < -0.39 is 50.4 Å². The third-order valence-electron chi connectivity index (χ3n) is 5.81. The number of amides is 1. The summed E-state index contributed by atoms with van der Waals surface area (Å²) in [7, 11) is -3.79. The molecule has 2 aliphatic heterocycles. The van der Waals surface area contributed by atoms with Crippen LogP contribution in [-0.2, 0) is 14.6 Å². The highest BCUT2D eigenvalue weighted by Crippen LogP contribution is 2.29. The Morgan fingerprint density at radius 2 is 1.76 bits per heavy atom. The molecule has 180 valence electrons. The summed E-state index contributed by atoms with van der Waals surface area (Å²) in [4.78, 5) is 19.4. The Morgan fingerprint density at radius 1 is 1.12 bits per heavy atom. The normalized spacial score (nSPS) is 20.2. The number of hydrogen-bond acceptors (Lipinski definition) is 8. The molecule has 9 nitrogen and oxygen atoms in total. The van der Waals surface area contributed by atoms with Gasteiger partial charge in [0.25, 0.3) is 11.8 Å². The number of rotatable bonds is 6. The largest absolute Gasteiger partial charge is 0.369 e. The van der Waals surface area contributed by atoms with Gasteiger partial charge in [-0.2, -0.15) is 13.8 Å². The van der Waals surface area contributed by atoms with E-state index in [1.54, 1.807) is 9.80 Å². The number of likely N-dealkylation sites (tertiary alicyclic amines) is 1. The fourth-order valence-electron chi connectivity index (χ4n) is 4.10. The topological polar surface area (TPSA) is 109 Å². The molecule has 0 saturated carbocycles. The molecular formula is C19H21F4N5O4S. The van der Waals surface area contributed by atoms with Crippen LogP contribution in [0.25, 0.3) is 0 Å². The van der Waals surface area contributed by atoms with Gasteiger partial charge in [-0.1, -0.05) is 0 Å². The molecule has 4 rings (SSSR count). The average molecular weight is 491 g/mol. The lowest BCUT2D eigenvalue weighted by Gasteiger charge is -2.36. The van der Waals surface area contributed by atoms with Crippen molar-refractivity contribution in [2.24, 2.45) is 0 Å². The van der Waals surface area contributed by atoms with Gasteiger partial charge >= 0.3 is 6.43 Å². The van der Waals surface area contributed by atoms with E-state index >= 15 is 0 Å². The first-order valence-electron chi connectivity index (χ1n) is 10.2. The SMILES string of the molecule is CS(=O)(=O)c1cc(F)c(N[C@H]2CCN(C3CCN(c4noc(C(F)F)n4)CC3)C2=O)c(F)c1. The zero-order valence-corrected chi connectivity index (χ0v) is 18.3. The molecule has 2 aliphatic rings. The number of halogens is 4.